The largest absolute Gasteiger partial charge is 0.482 e. The highest BCUT2D eigenvalue weighted by molar-refractivity contribution is 6.32. The second-order valence-electron chi connectivity index (χ2n) is 7.41. The number of rotatable bonds is 6. The summed E-state index contributed by atoms with van der Waals surface area (Å²) in [5.41, 5.74) is 4.09. The van der Waals surface area contributed by atoms with Crippen LogP contribution in [0.5, 0.6) is 5.75 Å². The van der Waals surface area contributed by atoms with E-state index < -0.39 is 0 Å². The van der Waals surface area contributed by atoms with E-state index in [0.717, 1.165) is 23.4 Å². The summed E-state index contributed by atoms with van der Waals surface area (Å²) < 4.78 is 5.63. The van der Waals surface area contributed by atoms with Crippen molar-refractivity contribution in [2.24, 2.45) is 0 Å². The Bertz CT molecular complexity index is 760. The summed E-state index contributed by atoms with van der Waals surface area (Å²) >= 11 is 6.22. The number of amides is 1. The fourth-order valence-electron chi connectivity index (χ4n) is 3.64. The second-order valence-corrected chi connectivity index (χ2v) is 7.82. The Morgan fingerprint density at radius 3 is 2.48 bits per heavy atom. The summed E-state index contributed by atoms with van der Waals surface area (Å²) in [5.74, 6) is 0.373. The third-order valence-electron chi connectivity index (χ3n) is 4.97. The zero-order valence-corrected chi connectivity index (χ0v) is 16.9. The van der Waals surface area contributed by atoms with Gasteiger partial charge in [0.25, 0.3) is 5.91 Å². The lowest BCUT2D eigenvalue weighted by Crippen LogP contribution is -3.11. The number of quaternary nitrogens is 1. The van der Waals surface area contributed by atoms with Crippen LogP contribution in [0.15, 0.2) is 36.4 Å². The van der Waals surface area contributed by atoms with E-state index in [1.54, 1.807) is 4.90 Å². The second kappa shape index (κ2) is 9.25. The van der Waals surface area contributed by atoms with Crippen LogP contribution < -0.4 is 15.0 Å². The van der Waals surface area contributed by atoms with Crippen molar-refractivity contribution in [3.05, 3.63) is 58.1 Å². The smallest absolute Gasteiger partial charge is 0.262 e. The molecule has 1 aliphatic heterocycles. The molecule has 144 valence electrons. The number of nitrogens with one attached hydrogen (secondary N) is 2. The third kappa shape index (κ3) is 5.72. The van der Waals surface area contributed by atoms with Gasteiger partial charge >= 0.3 is 0 Å². The van der Waals surface area contributed by atoms with Gasteiger partial charge in [0, 0.05) is 11.3 Å². The predicted octanol–water partition coefficient (Wildman–Crippen LogP) is 3.54. The molecule has 5 heteroatoms. The van der Waals surface area contributed by atoms with Gasteiger partial charge in [-0.1, -0.05) is 29.8 Å². The highest BCUT2D eigenvalue weighted by Gasteiger charge is 2.14. The van der Waals surface area contributed by atoms with Gasteiger partial charge in [0.05, 0.1) is 18.1 Å². The first kappa shape index (κ1) is 19.7. The molecule has 0 aromatic heterocycles. The van der Waals surface area contributed by atoms with Crippen molar-refractivity contribution in [2.45, 2.75) is 39.7 Å². The molecule has 2 aromatic carbocycles. The monoisotopic (exact) mass is 387 g/mol. The fourth-order valence-corrected chi connectivity index (χ4v) is 4.02. The van der Waals surface area contributed by atoms with Gasteiger partial charge < -0.3 is 15.0 Å². The van der Waals surface area contributed by atoms with Crippen LogP contribution in [-0.2, 0) is 11.3 Å². The number of aryl methyl sites for hydroxylation is 2. The number of anilines is 1. The molecule has 1 fully saturated rings. The summed E-state index contributed by atoms with van der Waals surface area (Å²) in [6.07, 6.45) is 4.02. The van der Waals surface area contributed by atoms with Crippen LogP contribution in [0.2, 0.25) is 5.02 Å². The molecule has 2 aromatic rings. The lowest BCUT2D eigenvalue weighted by Gasteiger charge is -2.23. The summed E-state index contributed by atoms with van der Waals surface area (Å²) in [5, 5.41) is 3.41. The van der Waals surface area contributed by atoms with Crippen LogP contribution in [0.3, 0.4) is 0 Å². The molecule has 0 radical (unpaired) electrons. The predicted molar refractivity (Wildman–Crippen MR) is 110 cm³/mol. The van der Waals surface area contributed by atoms with Gasteiger partial charge in [0.2, 0.25) is 0 Å². The normalized spacial score (nSPS) is 14.8. The number of hydrogen-bond donors (Lipinski definition) is 2. The Labute approximate surface area is 166 Å². The maximum Gasteiger partial charge on any atom is 0.262 e. The van der Waals surface area contributed by atoms with Crippen LogP contribution in [0.25, 0.3) is 0 Å². The summed E-state index contributed by atoms with van der Waals surface area (Å²) in [4.78, 5) is 13.8. The number of carbonyl (C=O) groups is 1. The number of hydrogen-bond acceptors (Lipinski definition) is 2. The molecule has 4 nitrogen and oxygen atoms in total. The summed E-state index contributed by atoms with van der Waals surface area (Å²) in [7, 11) is 0. The van der Waals surface area contributed by atoms with E-state index in [-0.39, 0.29) is 12.5 Å². The van der Waals surface area contributed by atoms with E-state index in [0.29, 0.717) is 10.8 Å². The average molecular weight is 388 g/mol. The first-order valence-corrected chi connectivity index (χ1v) is 10.0. The molecular formula is C22H28ClN2O2+. The molecule has 3 rings (SSSR count). The molecule has 1 heterocycles. The minimum Gasteiger partial charge on any atom is -0.482 e. The van der Waals surface area contributed by atoms with E-state index in [1.165, 1.54) is 37.9 Å². The molecule has 1 aliphatic rings. The maximum atomic E-state index is 12.2. The Kier molecular flexibility index (Phi) is 6.75. The molecule has 1 saturated heterocycles. The van der Waals surface area contributed by atoms with Crippen molar-refractivity contribution in [3.8, 4) is 5.75 Å². The first-order valence-electron chi connectivity index (χ1n) is 9.63. The van der Waals surface area contributed by atoms with Crippen molar-refractivity contribution in [1.29, 1.82) is 0 Å². The van der Waals surface area contributed by atoms with Crippen molar-refractivity contribution < 1.29 is 14.4 Å². The average Bonchev–Trinajstić information content (AvgIpc) is 2.63. The lowest BCUT2D eigenvalue weighted by molar-refractivity contribution is -0.918. The van der Waals surface area contributed by atoms with Gasteiger partial charge in [-0.15, -0.1) is 0 Å². The Hall–Kier alpha value is -2.04. The molecule has 0 bridgehead atoms. The van der Waals surface area contributed by atoms with Crippen molar-refractivity contribution in [1.82, 2.24) is 0 Å². The number of piperidine rings is 1. The highest BCUT2D eigenvalue weighted by atomic mass is 35.5. The fraction of sp³-hybridized carbons (Fsp3) is 0.409. The van der Waals surface area contributed by atoms with Gasteiger partial charge in [-0.05, 0) is 62.4 Å². The molecule has 0 aliphatic carbocycles. The summed E-state index contributed by atoms with van der Waals surface area (Å²) in [6.45, 7) is 7.42. The van der Waals surface area contributed by atoms with Crippen LogP contribution in [-0.4, -0.2) is 25.6 Å². The van der Waals surface area contributed by atoms with Gasteiger partial charge in [-0.2, -0.15) is 0 Å². The Balaban J connectivity index is 1.50. The Morgan fingerprint density at radius 2 is 1.81 bits per heavy atom. The molecule has 0 saturated carbocycles. The number of carbonyl (C=O) groups excluding carboxylic acids is 1. The minimum absolute atomic E-state index is 0.0662. The van der Waals surface area contributed by atoms with E-state index in [4.69, 9.17) is 16.3 Å². The van der Waals surface area contributed by atoms with Crippen molar-refractivity contribution >= 4 is 23.2 Å². The van der Waals surface area contributed by atoms with E-state index in [2.05, 4.69) is 17.4 Å². The van der Waals surface area contributed by atoms with Crippen molar-refractivity contribution in [3.63, 3.8) is 0 Å². The topological polar surface area (TPSA) is 42.8 Å². The number of ether oxygens (including phenoxy) is 1. The number of likely N-dealkylation sites (tertiary alicyclic amines) is 1. The quantitative estimate of drug-likeness (QED) is 0.796. The third-order valence-corrected chi connectivity index (χ3v) is 5.25. The SMILES string of the molecule is Cc1cc(C)c(OCC(=O)Nc2ccc(C[NH+]3CCCCC3)cc2)c(Cl)c1. The van der Waals surface area contributed by atoms with Crippen molar-refractivity contribution in [2.75, 3.05) is 25.0 Å². The van der Waals surface area contributed by atoms with Crippen LogP contribution in [0, 0.1) is 13.8 Å². The molecule has 0 atom stereocenters. The van der Waals surface area contributed by atoms with Gasteiger partial charge in [0.1, 0.15) is 12.3 Å². The van der Waals surface area contributed by atoms with Gasteiger partial charge in [-0.3, -0.25) is 4.79 Å². The molecule has 1 amide bonds. The lowest BCUT2D eigenvalue weighted by atomic mass is 10.1. The number of benzene rings is 2. The molecule has 2 N–H and O–H groups in total. The molecule has 0 spiro atoms. The molecule has 27 heavy (non-hydrogen) atoms. The maximum absolute atomic E-state index is 12.2. The standard InChI is InChI=1S/C22H27ClN2O2/c1-16-12-17(2)22(20(23)13-16)27-15-21(26)24-19-8-6-18(7-9-19)14-25-10-4-3-5-11-25/h6-9,12-13H,3-5,10-11,14-15H2,1-2H3,(H,24,26)/p+1. The molecule has 0 unspecified atom stereocenters. The van der Waals surface area contributed by atoms with Gasteiger partial charge in [-0.25, -0.2) is 0 Å². The summed E-state index contributed by atoms with van der Waals surface area (Å²) in [6, 6.07) is 11.9. The van der Waals surface area contributed by atoms with E-state index in [1.807, 2.05) is 38.1 Å². The zero-order valence-electron chi connectivity index (χ0n) is 16.1. The highest BCUT2D eigenvalue weighted by Crippen LogP contribution is 2.29. The van der Waals surface area contributed by atoms with Crippen LogP contribution in [0.4, 0.5) is 5.69 Å². The minimum atomic E-state index is -0.194. The molecular weight excluding hydrogens is 360 g/mol. The number of halogens is 1. The van der Waals surface area contributed by atoms with Crippen LogP contribution in [0.1, 0.15) is 36.0 Å². The van der Waals surface area contributed by atoms with Gasteiger partial charge in [0.15, 0.2) is 6.61 Å². The van der Waals surface area contributed by atoms with E-state index >= 15 is 0 Å². The van der Waals surface area contributed by atoms with E-state index in [9.17, 15) is 4.79 Å². The van der Waals surface area contributed by atoms with Crippen LogP contribution >= 0.6 is 11.6 Å². The Morgan fingerprint density at radius 1 is 1.11 bits per heavy atom. The first-order chi connectivity index (χ1) is 13.0. The zero-order chi connectivity index (χ0) is 19.2.